The topological polar surface area (TPSA) is 54.1 Å². The summed E-state index contributed by atoms with van der Waals surface area (Å²) in [6, 6.07) is 6.20. The Labute approximate surface area is 106 Å². The van der Waals surface area contributed by atoms with Gasteiger partial charge >= 0.3 is 0 Å². The van der Waals surface area contributed by atoms with Gasteiger partial charge in [-0.1, -0.05) is 11.6 Å². The summed E-state index contributed by atoms with van der Waals surface area (Å²) in [4.78, 5) is 19.9. The number of H-pyrrole nitrogens is 1. The smallest absolute Gasteiger partial charge is 0.248 e. The molecule has 0 fully saturated rings. The van der Waals surface area contributed by atoms with Crippen LogP contribution in [-0.2, 0) is 16.1 Å². The highest BCUT2D eigenvalue weighted by atomic mass is 16.6. The third kappa shape index (κ3) is 2.54. The molecular formula is C14H18N2O2. The zero-order valence-corrected chi connectivity index (χ0v) is 11.0. The van der Waals surface area contributed by atoms with Crippen LogP contribution >= 0.6 is 0 Å². The Balaban J connectivity index is 2.29. The molecule has 18 heavy (non-hydrogen) atoms. The van der Waals surface area contributed by atoms with Gasteiger partial charge in [-0.05, 0) is 38.5 Å². The maximum absolute atomic E-state index is 11.7. The van der Waals surface area contributed by atoms with E-state index in [1.54, 1.807) is 0 Å². The van der Waals surface area contributed by atoms with Crippen molar-refractivity contribution in [2.24, 2.45) is 0 Å². The maximum atomic E-state index is 11.7. The first kappa shape index (κ1) is 12.6. The Morgan fingerprint density at radius 1 is 1.39 bits per heavy atom. The van der Waals surface area contributed by atoms with Gasteiger partial charge in [0, 0.05) is 16.6 Å². The lowest BCUT2D eigenvalue weighted by atomic mass is 10.1. The molecule has 4 nitrogen and oxygen atoms in total. The predicted octanol–water partition coefficient (Wildman–Crippen LogP) is 2.39. The number of aromatic amines is 1. The number of aromatic nitrogens is 1. The highest BCUT2D eigenvalue weighted by Crippen LogP contribution is 2.23. The van der Waals surface area contributed by atoms with Gasteiger partial charge in [0.25, 0.3) is 0 Å². The van der Waals surface area contributed by atoms with Gasteiger partial charge in [0.2, 0.25) is 5.91 Å². The zero-order chi connectivity index (χ0) is 13.1. The molecule has 2 aromatic rings. The fourth-order valence-electron chi connectivity index (χ4n) is 2.07. The number of fused-ring (bicyclic) bond motifs is 1. The van der Waals surface area contributed by atoms with Gasteiger partial charge in [0.15, 0.2) is 0 Å². The normalized spacial score (nSPS) is 10.8. The molecule has 0 atom stereocenters. The summed E-state index contributed by atoms with van der Waals surface area (Å²) in [6.45, 7) is 6.34. The summed E-state index contributed by atoms with van der Waals surface area (Å²) in [6.07, 6.45) is 0.329. The second-order valence-electron chi connectivity index (χ2n) is 4.41. The van der Waals surface area contributed by atoms with Crippen molar-refractivity contribution in [1.29, 1.82) is 0 Å². The van der Waals surface area contributed by atoms with E-state index in [1.165, 1.54) is 5.56 Å². The Bertz CT molecular complexity index is 572. The van der Waals surface area contributed by atoms with Crippen molar-refractivity contribution < 1.29 is 9.63 Å². The Morgan fingerprint density at radius 3 is 2.89 bits per heavy atom. The summed E-state index contributed by atoms with van der Waals surface area (Å²) < 4.78 is 0. The van der Waals surface area contributed by atoms with Gasteiger partial charge in [0.1, 0.15) is 0 Å². The predicted molar refractivity (Wildman–Crippen MR) is 71.2 cm³/mol. The standard InChI is InChI=1S/C14H18N2O2/c1-4-18-16-14(17)8-11-10(3)15-13-6-5-9(2)7-12(11)13/h5-7,15H,4,8H2,1-3H3,(H,16,17). The van der Waals surface area contributed by atoms with Crippen molar-refractivity contribution in [2.45, 2.75) is 27.2 Å². The maximum Gasteiger partial charge on any atom is 0.248 e. The van der Waals surface area contributed by atoms with Crippen LogP contribution in [0.2, 0.25) is 0 Å². The molecule has 1 aromatic heterocycles. The average molecular weight is 246 g/mol. The van der Waals surface area contributed by atoms with Gasteiger partial charge in [-0.15, -0.1) is 0 Å². The van der Waals surface area contributed by atoms with Crippen LogP contribution < -0.4 is 5.48 Å². The molecule has 0 aliphatic heterocycles. The number of hydroxylamine groups is 1. The number of amides is 1. The molecule has 1 amide bonds. The van der Waals surface area contributed by atoms with Crippen molar-refractivity contribution in [3.8, 4) is 0 Å². The molecule has 96 valence electrons. The highest BCUT2D eigenvalue weighted by Gasteiger charge is 2.12. The molecule has 1 heterocycles. The van der Waals surface area contributed by atoms with Gasteiger partial charge in [0.05, 0.1) is 13.0 Å². The van der Waals surface area contributed by atoms with Crippen molar-refractivity contribution in [2.75, 3.05) is 6.61 Å². The number of hydrogen-bond acceptors (Lipinski definition) is 2. The van der Waals surface area contributed by atoms with Crippen LogP contribution in [-0.4, -0.2) is 17.5 Å². The molecule has 0 saturated carbocycles. The molecule has 0 aliphatic carbocycles. The molecule has 2 rings (SSSR count). The number of rotatable bonds is 4. The fraction of sp³-hybridized carbons (Fsp3) is 0.357. The lowest BCUT2D eigenvalue weighted by Gasteiger charge is -2.04. The zero-order valence-electron chi connectivity index (χ0n) is 11.0. The molecule has 1 aromatic carbocycles. The molecule has 0 aliphatic rings. The van der Waals surface area contributed by atoms with E-state index in [2.05, 4.69) is 22.6 Å². The van der Waals surface area contributed by atoms with Crippen molar-refractivity contribution in [3.05, 3.63) is 35.0 Å². The van der Waals surface area contributed by atoms with Gasteiger partial charge in [-0.3, -0.25) is 9.63 Å². The van der Waals surface area contributed by atoms with Gasteiger partial charge in [-0.2, -0.15) is 0 Å². The molecule has 0 unspecified atom stereocenters. The van der Waals surface area contributed by atoms with Crippen LogP contribution in [0, 0.1) is 13.8 Å². The minimum absolute atomic E-state index is 0.123. The van der Waals surface area contributed by atoms with E-state index in [-0.39, 0.29) is 5.91 Å². The first-order valence-corrected chi connectivity index (χ1v) is 6.10. The van der Waals surface area contributed by atoms with Crippen LogP contribution in [0.4, 0.5) is 0 Å². The minimum Gasteiger partial charge on any atom is -0.358 e. The van der Waals surface area contributed by atoms with Crippen LogP contribution in [0.25, 0.3) is 10.9 Å². The summed E-state index contributed by atoms with van der Waals surface area (Å²) >= 11 is 0. The van der Waals surface area contributed by atoms with Crippen LogP contribution in [0.1, 0.15) is 23.7 Å². The molecule has 0 saturated heterocycles. The van der Waals surface area contributed by atoms with E-state index in [9.17, 15) is 4.79 Å². The SMILES string of the molecule is CCONC(=O)Cc1c(C)[nH]c2ccc(C)cc12. The van der Waals surface area contributed by atoms with E-state index in [0.717, 1.165) is 22.2 Å². The molecule has 0 radical (unpaired) electrons. The number of carbonyl (C=O) groups is 1. The first-order chi connectivity index (χ1) is 8.61. The first-order valence-electron chi connectivity index (χ1n) is 6.10. The van der Waals surface area contributed by atoms with Gasteiger partial charge < -0.3 is 4.98 Å². The summed E-state index contributed by atoms with van der Waals surface area (Å²) in [5.74, 6) is -0.123. The monoisotopic (exact) mass is 246 g/mol. The third-order valence-corrected chi connectivity index (χ3v) is 2.94. The average Bonchev–Trinajstić information content (AvgIpc) is 2.63. The van der Waals surface area contributed by atoms with Crippen LogP contribution in [0.15, 0.2) is 18.2 Å². The number of nitrogens with one attached hydrogen (secondary N) is 2. The number of aryl methyl sites for hydroxylation is 2. The second kappa shape index (κ2) is 5.23. The molecule has 4 heteroatoms. The fourth-order valence-corrected chi connectivity index (χ4v) is 2.07. The van der Waals surface area contributed by atoms with E-state index in [0.29, 0.717) is 13.0 Å². The van der Waals surface area contributed by atoms with Crippen molar-refractivity contribution in [3.63, 3.8) is 0 Å². The van der Waals surface area contributed by atoms with Crippen molar-refractivity contribution in [1.82, 2.24) is 10.5 Å². The number of carbonyl (C=O) groups excluding carboxylic acids is 1. The number of hydrogen-bond donors (Lipinski definition) is 2. The van der Waals surface area contributed by atoms with E-state index >= 15 is 0 Å². The Morgan fingerprint density at radius 2 is 2.17 bits per heavy atom. The number of benzene rings is 1. The lowest BCUT2D eigenvalue weighted by molar-refractivity contribution is -0.132. The van der Waals surface area contributed by atoms with Crippen LogP contribution in [0.5, 0.6) is 0 Å². The highest BCUT2D eigenvalue weighted by molar-refractivity contribution is 5.90. The second-order valence-corrected chi connectivity index (χ2v) is 4.41. The quantitative estimate of drug-likeness (QED) is 0.814. The largest absolute Gasteiger partial charge is 0.358 e. The van der Waals surface area contributed by atoms with E-state index < -0.39 is 0 Å². The molecule has 2 N–H and O–H groups in total. The third-order valence-electron chi connectivity index (χ3n) is 2.94. The van der Waals surface area contributed by atoms with E-state index in [1.807, 2.05) is 26.8 Å². The minimum atomic E-state index is -0.123. The summed E-state index contributed by atoms with van der Waals surface area (Å²) in [5, 5.41) is 1.11. The summed E-state index contributed by atoms with van der Waals surface area (Å²) in [7, 11) is 0. The van der Waals surface area contributed by atoms with Crippen molar-refractivity contribution >= 4 is 16.8 Å². The lowest BCUT2D eigenvalue weighted by Crippen LogP contribution is -2.25. The molecular weight excluding hydrogens is 228 g/mol. The molecule has 0 spiro atoms. The van der Waals surface area contributed by atoms with E-state index in [4.69, 9.17) is 4.84 Å². The van der Waals surface area contributed by atoms with Crippen LogP contribution in [0.3, 0.4) is 0 Å². The summed E-state index contributed by atoms with van der Waals surface area (Å²) in [5.41, 5.74) is 6.74. The molecule has 0 bridgehead atoms. The van der Waals surface area contributed by atoms with Gasteiger partial charge in [-0.25, -0.2) is 5.48 Å². The Kier molecular flexibility index (Phi) is 3.67. The Hall–Kier alpha value is -1.81.